The summed E-state index contributed by atoms with van der Waals surface area (Å²) >= 11 is 0. The van der Waals surface area contributed by atoms with Gasteiger partial charge in [0.05, 0.1) is 11.3 Å². The quantitative estimate of drug-likeness (QED) is 0.498. The summed E-state index contributed by atoms with van der Waals surface area (Å²) in [5, 5.41) is 25.2. The normalized spacial score (nSPS) is 26.0. The van der Waals surface area contributed by atoms with Gasteiger partial charge in [0.25, 0.3) is 0 Å². The first-order chi connectivity index (χ1) is 17.3. The molecule has 2 aromatic rings. The van der Waals surface area contributed by atoms with Gasteiger partial charge in [0.1, 0.15) is 17.4 Å². The maximum Gasteiger partial charge on any atom is 0.206 e. The summed E-state index contributed by atoms with van der Waals surface area (Å²) < 4.78 is 31.0. The first-order valence-corrected chi connectivity index (χ1v) is 12.5. The molecule has 0 aromatic heterocycles. The second kappa shape index (κ2) is 9.68. The molecule has 3 heterocycles. The second-order valence-corrected chi connectivity index (χ2v) is 10.2. The van der Waals surface area contributed by atoms with Crippen LogP contribution in [0.15, 0.2) is 47.0 Å². The van der Waals surface area contributed by atoms with E-state index in [1.165, 1.54) is 24.3 Å². The van der Waals surface area contributed by atoms with Gasteiger partial charge in [-0.3, -0.25) is 4.90 Å². The topological polar surface area (TPSA) is 68.1 Å². The number of fused-ring (bicyclic) bond motifs is 3. The van der Waals surface area contributed by atoms with Gasteiger partial charge in [0.2, 0.25) is 5.88 Å². The first kappa shape index (κ1) is 24.5. The van der Waals surface area contributed by atoms with Crippen molar-refractivity contribution in [1.29, 1.82) is 0 Å². The van der Waals surface area contributed by atoms with E-state index in [4.69, 9.17) is 6.42 Å². The van der Waals surface area contributed by atoms with E-state index in [2.05, 4.69) is 28.1 Å². The third-order valence-corrected chi connectivity index (χ3v) is 7.95. The van der Waals surface area contributed by atoms with E-state index in [9.17, 15) is 14.6 Å². The fourth-order valence-electron chi connectivity index (χ4n) is 6.05. The number of aliphatic imine (C=N–C) groups is 1. The number of nitrogens with zero attached hydrogens (tertiary/aromatic N) is 2. The Balaban J connectivity index is 1.60. The van der Waals surface area contributed by atoms with Gasteiger partial charge in [-0.2, -0.15) is 0 Å². The zero-order valence-electron chi connectivity index (χ0n) is 20.6. The minimum absolute atomic E-state index is 0.00596. The minimum Gasteiger partial charge on any atom is -0.508 e. The number of aliphatic hydroxyl groups is 1. The van der Waals surface area contributed by atoms with Crippen molar-refractivity contribution in [1.82, 2.24) is 10.2 Å². The van der Waals surface area contributed by atoms with Gasteiger partial charge in [-0.05, 0) is 80.3 Å². The Morgan fingerprint density at radius 3 is 2.61 bits per heavy atom. The van der Waals surface area contributed by atoms with Crippen molar-refractivity contribution < 1.29 is 19.0 Å². The molecule has 2 aromatic carbocycles. The van der Waals surface area contributed by atoms with Crippen LogP contribution in [0.5, 0.6) is 5.75 Å². The highest BCUT2D eigenvalue weighted by atomic mass is 19.1. The van der Waals surface area contributed by atoms with Crippen LogP contribution in [0.25, 0.3) is 16.3 Å². The van der Waals surface area contributed by atoms with Gasteiger partial charge in [-0.1, -0.05) is 12.0 Å². The van der Waals surface area contributed by atoms with Crippen LogP contribution < -0.4 is 5.32 Å². The highest BCUT2D eigenvalue weighted by molar-refractivity contribution is 6.09. The van der Waals surface area contributed by atoms with Crippen LogP contribution in [0.3, 0.4) is 0 Å². The average molecular weight is 492 g/mol. The van der Waals surface area contributed by atoms with Crippen LogP contribution in [0.1, 0.15) is 50.7 Å². The lowest BCUT2D eigenvalue weighted by Crippen LogP contribution is -2.56. The van der Waals surface area contributed by atoms with E-state index in [-0.39, 0.29) is 40.4 Å². The van der Waals surface area contributed by atoms with Gasteiger partial charge < -0.3 is 15.5 Å². The number of aromatic hydroxyl groups is 1. The Hall–Kier alpha value is -3.21. The molecule has 7 heteroatoms. The molecule has 3 N–H and O–H groups in total. The minimum atomic E-state index is -0.592. The fraction of sp³-hybridized carbons (Fsp3) is 0.414. The van der Waals surface area contributed by atoms with Crippen LogP contribution in [-0.4, -0.2) is 52.0 Å². The largest absolute Gasteiger partial charge is 0.508 e. The van der Waals surface area contributed by atoms with Crippen molar-refractivity contribution in [2.45, 2.75) is 57.7 Å². The molecular weight excluding hydrogens is 460 g/mol. The monoisotopic (exact) mass is 491 g/mol. The summed E-state index contributed by atoms with van der Waals surface area (Å²) in [6.45, 7) is 5.47. The average Bonchev–Trinajstić information content (AvgIpc) is 3.07. The molecule has 188 valence electrons. The number of phenolic OH excluding ortho intramolecular Hbond substituents is 1. The molecule has 0 saturated carbocycles. The van der Waals surface area contributed by atoms with E-state index in [1.54, 1.807) is 13.0 Å². The number of allylic oxidation sites excluding steroid dienone is 3. The molecule has 4 atom stereocenters. The molecule has 5 nitrogen and oxygen atoms in total. The highest BCUT2D eigenvalue weighted by Crippen LogP contribution is 2.37. The van der Waals surface area contributed by atoms with Crippen LogP contribution >= 0.6 is 0 Å². The molecule has 0 amide bonds. The predicted octanol–water partition coefficient (Wildman–Crippen LogP) is 5.44. The number of rotatable bonds is 4. The van der Waals surface area contributed by atoms with Crippen LogP contribution in [0.2, 0.25) is 0 Å². The van der Waals surface area contributed by atoms with Gasteiger partial charge in [0, 0.05) is 42.5 Å². The third-order valence-electron chi connectivity index (χ3n) is 7.95. The molecule has 3 aliphatic heterocycles. The Morgan fingerprint density at radius 2 is 1.92 bits per heavy atom. The van der Waals surface area contributed by atoms with Crippen molar-refractivity contribution in [2.24, 2.45) is 10.9 Å². The maximum atomic E-state index is 16.4. The summed E-state index contributed by atoms with van der Waals surface area (Å²) in [6, 6.07) is 6.53. The van der Waals surface area contributed by atoms with Crippen molar-refractivity contribution in [3.05, 3.63) is 59.0 Å². The Morgan fingerprint density at radius 1 is 1.19 bits per heavy atom. The molecule has 3 aliphatic rings. The molecule has 36 heavy (non-hydrogen) atoms. The first-order valence-electron chi connectivity index (χ1n) is 12.5. The maximum absolute atomic E-state index is 16.4. The van der Waals surface area contributed by atoms with Gasteiger partial charge >= 0.3 is 0 Å². The van der Waals surface area contributed by atoms with Crippen molar-refractivity contribution >= 4 is 22.1 Å². The summed E-state index contributed by atoms with van der Waals surface area (Å²) in [6.07, 6.45) is 10.7. The Labute approximate surface area is 210 Å². The van der Waals surface area contributed by atoms with Gasteiger partial charge in [-0.25, -0.2) is 13.8 Å². The fourth-order valence-corrected chi connectivity index (χ4v) is 6.05. The lowest BCUT2D eigenvalue weighted by Gasteiger charge is -2.40. The number of aliphatic hydroxyl groups excluding tert-OH is 1. The number of halogens is 2. The van der Waals surface area contributed by atoms with Crippen molar-refractivity contribution in [2.75, 3.05) is 13.1 Å². The number of hydrogen-bond acceptors (Lipinski definition) is 5. The molecule has 2 saturated heterocycles. The van der Waals surface area contributed by atoms with E-state index in [0.717, 1.165) is 25.9 Å². The van der Waals surface area contributed by atoms with E-state index >= 15 is 4.39 Å². The molecule has 5 rings (SSSR count). The summed E-state index contributed by atoms with van der Waals surface area (Å²) in [7, 11) is 0. The zero-order valence-corrected chi connectivity index (χ0v) is 20.6. The standard InChI is InChI=1S/C29H31F2N3O2/c1-4-22-25(30)11-8-18-12-21(35)13-24(27(18)22)16(2)28(31)29-23(6-5-7-26(36)33-29)17(3)34-14-19-9-10-20(15-34)32-19/h1,7-8,11-13,17,19-20,23,32,35-36H,5-6,9-10,14-15H2,2-3H3/b28-16-. The molecule has 0 aliphatic carbocycles. The molecular formula is C29H31F2N3O2. The molecule has 2 fully saturated rings. The van der Waals surface area contributed by atoms with Gasteiger partial charge in [0.15, 0.2) is 0 Å². The second-order valence-electron chi connectivity index (χ2n) is 10.2. The number of likely N-dealkylation sites (tertiary alicyclic amines) is 1. The van der Waals surface area contributed by atoms with Crippen LogP contribution in [0, 0.1) is 24.1 Å². The molecule has 0 radical (unpaired) electrons. The highest BCUT2D eigenvalue weighted by Gasteiger charge is 2.38. The third kappa shape index (κ3) is 4.40. The van der Waals surface area contributed by atoms with E-state index in [0.29, 0.717) is 41.3 Å². The van der Waals surface area contributed by atoms with Crippen LogP contribution in [0.4, 0.5) is 8.78 Å². The summed E-state index contributed by atoms with van der Waals surface area (Å²) in [5.41, 5.74) is 0.676. The van der Waals surface area contributed by atoms with Crippen molar-refractivity contribution in [3.63, 3.8) is 0 Å². The molecule has 4 unspecified atom stereocenters. The van der Waals surface area contributed by atoms with Crippen molar-refractivity contribution in [3.8, 4) is 18.1 Å². The number of piperazine rings is 1. The van der Waals surface area contributed by atoms with Crippen LogP contribution in [-0.2, 0) is 0 Å². The number of hydrogen-bond donors (Lipinski definition) is 3. The Bertz CT molecular complexity index is 1330. The van der Waals surface area contributed by atoms with Gasteiger partial charge in [-0.15, -0.1) is 6.42 Å². The number of terminal acetylenes is 1. The predicted molar refractivity (Wildman–Crippen MR) is 139 cm³/mol. The summed E-state index contributed by atoms with van der Waals surface area (Å²) in [4.78, 5) is 6.72. The SMILES string of the molecule is C#Cc1c(F)ccc2cc(O)cc(/C(C)=C(\F)C3=NC(O)=CCCC3C(C)N3CC4CCC(C3)N4)c12. The van der Waals surface area contributed by atoms with E-state index in [1.807, 2.05) is 0 Å². The number of phenols is 1. The summed E-state index contributed by atoms with van der Waals surface area (Å²) in [5.74, 6) is 0.656. The lowest BCUT2D eigenvalue weighted by atomic mass is 9.86. The zero-order chi connectivity index (χ0) is 25.6. The smallest absolute Gasteiger partial charge is 0.206 e. The lowest BCUT2D eigenvalue weighted by molar-refractivity contribution is 0.126. The number of nitrogens with one attached hydrogen (secondary N) is 1. The molecule has 2 bridgehead atoms. The number of benzene rings is 2. The Kier molecular flexibility index (Phi) is 6.59. The van der Waals surface area contributed by atoms with E-state index < -0.39 is 11.6 Å². The molecule has 0 spiro atoms.